The summed E-state index contributed by atoms with van der Waals surface area (Å²) >= 11 is 0. The lowest BCUT2D eigenvalue weighted by Gasteiger charge is -2.37. The first-order chi connectivity index (χ1) is 12.6. The van der Waals surface area contributed by atoms with Crippen molar-refractivity contribution >= 4 is 22.7 Å². The van der Waals surface area contributed by atoms with Crippen molar-refractivity contribution in [3.63, 3.8) is 0 Å². The third kappa shape index (κ3) is 3.57. The minimum absolute atomic E-state index is 0.301. The molecule has 0 saturated carbocycles. The summed E-state index contributed by atoms with van der Waals surface area (Å²) in [5.74, 6) is -0.410. The van der Waals surface area contributed by atoms with E-state index in [-0.39, 0.29) is 6.09 Å². The fraction of sp³-hybridized carbons (Fsp3) is 0.500. The minimum Gasteiger partial charge on any atom is -0.444 e. The van der Waals surface area contributed by atoms with E-state index < -0.39 is 11.4 Å². The summed E-state index contributed by atoms with van der Waals surface area (Å²) in [6, 6.07) is 3.35. The predicted molar refractivity (Wildman–Crippen MR) is 102 cm³/mol. The molecule has 1 aromatic carbocycles. The van der Waals surface area contributed by atoms with Gasteiger partial charge in [-0.25, -0.2) is 9.18 Å². The number of aryl methyl sites for hydroxylation is 2. The molecule has 0 radical (unpaired) electrons. The molecule has 27 heavy (non-hydrogen) atoms. The number of carbonyl (C=O) groups excluding carboxylic acids is 1. The Hall–Kier alpha value is -2.75. The Labute approximate surface area is 158 Å². The molecule has 2 aromatic rings. The number of halogens is 1. The smallest absolute Gasteiger partial charge is 0.410 e. The van der Waals surface area contributed by atoms with Crippen LogP contribution >= 0.6 is 0 Å². The van der Waals surface area contributed by atoms with Gasteiger partial charge in [-0.15, -0.1) is 0 Å². The number of nitrogens with one attached hydrogen (secondary N) is 1. The third-order valence-electron chi connectivity index (χ3n) is 4.87. The molecule has 0 aliphatic carbocycles. The first kappa shape index (κ1) is 19.0. The van der Waals surface area contributed by atoms with Crippen LogP contribution in [0.3, 0.4) is 0 Å². The van der Waals surface area contributed by atoms with Crippen molar-refractivity contribution in [3.05, 3.63) is 28.7 Å². The molecule has 3 rings (SSSR count). The van der Waals surface area contributed by atoms with Crippen LogP contribution in [0.25, 0.3) is 10.9 Å². The van der Waals surface area contributed by atoms with Gasteiger partial charge in [-0.05, 0) is 46.2 Å². The molecule has 1 fully saturated rings. The second kappa shape index (κ2) is 6.76. The Balaban J connectivity index is 1.89. The number of benzene rings is 1. The Morgan fingerprint density at radius 1 is 1.26 bits per heavy atom. The van der Waals surface area contributed by atoms with Gasteiger partial charge in [-0.1, -0.05) is 0 Å². The van der Waals surface area contributed by atoms with Crippen LogP contribution in [0.2, 0.25) is 0 Å². The zero-order chi connectivity index (χ0) is 19.9. The maximum Gasteiger partial charge on any atom is 0.410 e. The van der Waals surface area contributed by atoms with Gasteiger partial charge in [0, 0.05) is 37.3 Å². The van der Waals surface area contributed by atoms with Gasteiger partial charge in [0.05, 0.1) is 16.8 Å². The van der Waals surface area contributed by atoms with Crippen molar-refractivity contribution in [2.24, 2.45) is 0 Å². The SMILES string of the molecule is Cc1[nH]c2c(C#N)cc(F)c(N3CCN(C(=O)OC(C)(C)C)CC3)c2c1C. The lowest BCUT2D eigenvalue weighted by molar-refractivity contribution is 0.0240. The van der Waals surface area contributed by atoms with Crippen LogP contribution in [0.4, 0.5) is 14.9 Å². The van der Waals surface area contributed by atoms with Crippen LogP contribution in [0, 0.1) is 31.0 Å². The number of amides is 1. The average molecular weight is 372 g/mol. The molecule has 7 heteroatoms. The summed E-state index contributed by atoms with van der Waals surface area (Å²) < 4.78 is 20.3. The topological polar surface area (TPSA) is 72.4 Å². The molecule has 1 N–H and O–H groups in total. The van der Waals surface area contributed by atoms with E-state index in [9.17, 15) is 14.4 Å². The number of aromatic amines is 1. The quantitative estimate of drug-likeness (QED) is 0.825. The Kier molecular flexibility index (Phi) is 4.77. The van der Waals surface area contributed by atoms with E-state index in [1.807, 2.05) is 39.5 Å². The highest BCUT2D eigenvalue weighted by Gasteiger charge is 2.29. The van der Waals surface area contributed by atoms with Crippen LogP contribution in [-0.4, -0.2) is 47.8 Å². The van der Waals surface area contributed by atoms with E-state index in [1.165, 1.54) is 6.07 Å². The first-order valence-corrected chi connectivity index (χ1v) is 9.06. The summed E-state index contributed by atoms with van der Waals surface area (Å²) in [4.78, 5) is 19.0. The Bertz CT molecular complexity index is 928. The summed E-state index contributed by atoms with van der Waals surface area (Å²) in [7, 11) is 0. The van der Waals surface area contributed by atoms with Gasteiger partial charge in [0.25, 0.3) is 0 Å². The molecule has 1 aliphatic rings. The van der Waals surface area contributed by atoms with Crippen LogP contribution in [0.1, 0.15) is 37.6 Å². The van der Waals surface area contributed by atoms with Gasteiger partial charge in [-0.3, -0.25) is 0 Å². The number of piperazine rings is 1. The molecule has 6 nitrogen and oxygen atoms in total. The fourth-order valence-corrected chi connectivity index (χ4v) is 3.44. The molecule has 1 aromatic heterocycles. The minimum atomic E-state index is -0.542. The van der Waals surface area contributed by atoms with Crippen LogP contribution in [0.5, 0.6) is 0 Å². The molecular formula is C20H25FN4O2. The van der Waals surface area contributed by atoms with Gasteiger partial charge >= 0.3 is 6.09 Å². The molecular weight excluding hydrogens is 347 g/mol. The largest absolute Gasteiger partial charge is 0.444 e. The van der Waals surface area contributed by atoms with Crippen molar-refractivity contribution < 1.29 is 13.9 Å². The Morgan fingerprint density at radius 2 is 1.89 bits per heavy atom. The van der Waals surface area contributed by atoms with Gasteiger partial charge in [0.15, 0.2) is 0 Å². The zero-order valence-electron chi connectivity index (χ0n) is 16.4. The van der Waals surface area contributed by atoms with Gasteiger partial charge < -0.3 is 19.5 Å². The van der Waals surface area contributed by atoms with Crippen molar-refractivity contribution in [1.82, 2.24) is 9.88 Å². The summed E-state index contributed by atoms with van der Waals surface area (Å²) in [5, 5.41) is 10.1. The van der Waals surface area contributed by atoms with E-state index in [0.717, 1.165) is 16.6 Å². The van der Waals surface area contributed by atoms with E-state index >= 15 is 0 Å². The molecule has 0 atom stereocenters. The highest BCUT2D eigenvalue weighted by molar-refractivity contribution is 5.99. The number of hydrogen-bond acceptors (Lipinski definition) is 4. The number of anilines is 1. The fourth-order valence-electron chi connectivity index (χ4n) is 3.44. The van der Waals surface area contributed by atoms with Crippen LogP contribution in [0.15, 0.2) is 6.07 Å². The number of ether oxygens (including phenoxy) is 1. The molecule has 2 heterocycles. The standard InChI is InChI=1S/C20H25FN4O2/c1-12-13(2)23-17-14(11-22)10-15(21)18(16(12)17)24-6-8-25(9-7-24)19(26)27-20(3,4)5/h10,23H,6-9H2,1-5H3. The van der Waals surface area contributed by atoms with Crippen LogP contribution < -0.4 is 4.90 Å². The van der Waals surface area contributed by atoms with Crippen molar-refractivity contribution in [3.8, 4) is 6.07 Å². The molecule has 144 valence electrons. The highest BCUT2D eigenvalue weighted by Crippen LogP contribution is 2.36. The number of H-pyrrole nitrogens is 1. The van der Waals surface area contributed by atoms with Crippen LogP contribution in [-0.2, 0) is 4.74 Å². The van der Waals surface area contributed by atoms with Gasteiger partial charge in [0.1, 0.15) is 17.5 Å². The van der Waals surface area contributed by atoms with E-state index in [1.54, 1.807) is 4.90 Å². The van der Waals surface area contributed by atoms with Gasteiger partial charge in [0.2, 0.25) is 0 Å². The summed E-state index contributed by atoms with van der Waals surface area (Å²) in [6.45, 7) is 11.3. The number of aromatic nitrogens is 1. The van der Waals surface area contributed by atoms with E-state index in [4.69, 9.17) is 4.74 Å². The number of nitrogens with zero attached hydrogens (tertiary/aromatic N) is 3. The number of carbonyl (C=O) groups is 1. The number of nitriles is 1. The molecule has 0 bridgehead atoms. The maximum atomic E-state index is 14.9. The normalized spacial score (nSPS) is 15.1. The maximum absolute atomic E-state index is 14.9. The second-order valence-electron chi connectivity index (χ2n) is 7.95. The van der Waals surface area contributed by atoms with E-state index in [2.05, 4.69) is 11.1 Å². The molecule has 1 aliphatic heterocycles. The van der Waals surface area contributed by atoms with Crippen molar-refractivity contribution in [2.75, 3.05) is 31.1 Å². The van der Waals surface area contributed by atoms with Gasteiger partial charge in [-0.2, -0.15) is 5.26 Å². The Morgan fingerprint density at radius 3 is 2.44 bits per heavy atom. The molecule has 0 unspecified atom stereocenters. The molecule has 1 saturated heterocycles. The molecule has 1 amide bonds. The lowest BCUT2D eigenvalue weighted by Crippen LogP contribution is -2.50. The van der Waals surface area contributed by atoms with E-state index in [0.29, 0.717) is 42.9 Å². The van der Waals surface area contributed by atoms with Crippen molar-refractivity contribution in [2.45, 2.75) is 40.2 Å². The number of rotatable bonds is 1. The first-order valence-electron chi connectivity index (χ1n) is 9.06. The lowest BCUT2D eigenvalue weighted by atomic mass is 10.0. The average Bonchev–Trinajstić information content (AvgIpc) is 2.88. The number of fused-ring (bicyclic) bond motifs is 1. The zero-order valence-corrected chi connectivity index (χ0v) is 16.4. The highest BCUT2D eigenvalue weighted by atomic mass is 19.1. The third-order valence-corrected chi connectivity index (χ3v) is 4.87. The predicted octanol–water partition coefficient (Wildman–Crippen LogP) is 3.85. The van der Waals surface area contributed by atoms with Crippen molar-refractivity contribution in [1.29, 1.82) is 5.26 Å². The monoisotopic (exact) mass is 372 g/mol. The second-order valence-corrected chi connectivity index (χ2v) is 7.95. The summed E-state index contributed by atoms with van der Waals surface area (Å²) in [5.41, 5.74) is 2.77. The summed E-state index contributed by atoms with van der Waals surface area (Å²) in [6.07, 6.45) is -0.346. The molecule has 0 spiro atoms. The number of hydrogen-bond donors (Lipinski definition) is 1.